The van der Waals surface area contributed by atoms with E-state index in [2.05, 4.69) is 83.7 Å². The van der Waals surface area contributed by atoms with Crippen LogP contribution in [0.3, 0.4) is 0 Å². The van der Waals surface area contributed by atoms with Crippen molar-refractivity contribution in [3.05, 3.63) is 47.2 Å². The van der Waals surface area contributed by atoms with Gasteiger partial charge in [-0.2, -0.15) is 0 Å². The molecule has 0 aromatic heterocycles. The monoisotopic (exact) mass is 538 g/mol. The Balaban J connectivity index is 3.03. The molecule has 0 bridgehead atoms. The van der Waals surface area contributed by atoms with Crippen LogP contribution in [0.25, 0.3) is 0 Å². The van der Waals surface area contributed by atoms with Crippen LogP contribution in [0.5, 0.6) is 0 Å². The second kappa shape index (κ2) is 14.9. The third-order valence-corrected chi connectivity index (χ3v) is 25.1. The summed E-state index contributed by atoms with van der Waals surface area (Å²) in [4.78, 5) is 0. The third-order valence-electron chi connectivity index (χ3n) is 6.50. The molecule has 0 fully saturated rings. The molecule has 0 heterocycles. The Labute approximate surface area is 194 Å². The van der Waals surface area contributed by atoms with E-state index in [0.717, 1.165) is 0 Å². The van der Waals surface area contributed by atoms with Crippen LogP contribution in [0, 0.1) is 0 Å². The first-order valence-corrected chi connectivity index (χ1v) is 24.2. The van der Waals surface area contributed by atoms with Gasteiger partial charge in [-0.25, -0.2) is 0 Å². The molecule has 172 valence electrons. The van der Waals surface area contributed by atoms with Gasteiger partial charge < -0.3 is 0 Å². The molecule has 30 heavy (non-hydrogen) atoms. The van der Waals surface area contributed by atoms with E-state index in [1.165, 1.54) is 48.5 Å². The van der Waals surface area contributed by atoms with Crippen LogP contribution in [-0.2, 0) is 11.3 Å². The molecule has 1 atom stereocenters. The van der Waals surface area contributed by atoms with Crippen molar-refractivity contribution in [3.63, 3.8) is 0 Å². The first-order valence-electron chi connectivity index (χ1n) is 12.6. The molecule has 0 aliphatic rings. The van der Waals surface area contributed by atoms with Gasteiger partial charge in [-0.15, -0.1) is 0 Å². The fraction of sp³-hybridized carbons (Fsp3) is 0.704. The van der Waals surface area contributed by atoms with E-state index in [-0.39, 0.29) is 6.10 Å². The molecule has 0 aliphatic carbocycles. The Bertz CT molecular complexity index is 569. The number of unbranched alkanes of at least 4 members (excludes halogenated alkanes) is 3. The summed E-state index contributed by atoms with van der Waals surface area (Å²) in [6, 6.07) is 10.6. The predicted octanol–water partition coefficient (Wildman–Crippen LogP) is 9.24. The Hall–Kier alpha value is -0.0644. The van der Waals surface area contributed by atoms with Crippen LogP contribution in [0.2, 0.25) is 37.4 Å². The first kappa shape index (κ1) is 28.0. The molecule has 1 unspecified atom stereocenters. The summed E-state index contributed by atoms with van der Waals surface area (Å²) >= 11 is -2.18. The topological polar surface area (TPSA) is 9.23 Å². The minimum atomic E-state index is -2.18. The van der Waals surface area contributed by atoms with Crippen LogP contribution in [0.1, 0.15) is 71.8 Å². The standard InChI is InChI=1S/C15H23OSi.3C4H9.Sn/c1-13(11-14(2)17(3,4)5)16-12-15-9-7-6-8-10-15;3*1-3-4-2;/h6-11,13H,2,12H2,1,3-5H3;3*1,3-4H2,2H3;/b14-11-;;;;. The van der Waals surface area contributed by atoms with E-state index < -0.39 is 26.5 Å². The second-order valence-corrected chi connectivity index (χ2v) is 29.4. The maximum atomic E-state index is 6.28. The Morgan fingerprint density at radius 1 is 0.900 bits per heavy atom. The molecular formula is C27H50OSiSn. The van der Waals surface area contributed by atoms with Crippen molar-refractivity contribution in [2.24, 2.45) is 0 Å². The van der Waals surface area contributed by atoms with Gasteiger partial charge in [0.2, 0.25) is 0 Å². The van der Waals surface area contributed by atoms with Crippen LogP contribution in [0.15, 0.2) is 41.6 Å². The number of rotatable bonds is 16. The molecule has 0 radical (unpaired) electrons. The van der Waals surface area contributed by atoms with Gasteiger partial charge in [-0.1, -0.05) is 0 Å². The van der Waals surface area contributed by atoms with E-state index in [4.69, 9.17) is 4.74 Å². The van der Waals surface area contributed by atoms with Gasteiger partial charge in [0, 0.05) is 0 Å². The number of ether oxygens (including phenoxy) is 1. The van der Waals surface area contributed by atoms with Crippen molar-refractivity contribution >= 4 is 26.5 Å². The van der Waals surface area contributed by atoms with Gasteiger partial charge in [0.25, 0.3) is 0 Å². The van der Waals surface area contributed by atoms with Crippen LogP contribution in [-0.4, -0.2) is 32.6 Å². The zero-order chi connectivity index (χ0) is 22.5. The first-order chi connectivity index (χ1) is 14.3. The molecule has 1 aromatic carbocycles. The van der Waals surface area contributed by atoms with E-state index in [1.807, 2.05) is 5.20 Å². The van der Waals surface area contributed by atoms with Crippen molar-refractivity contribution < 1.29 is 4.74 Å². The maximum absolute atomic E-state index is 6.28. The Morgan fingerprint density at radius 3 is 1.83 bits per heavy atom. The molecule has 1 nitrogen and oxygen atoms in total. The number of hydrogen-bond donors (Lipinski definition) is 0. The van der Waals surface area contributed by atoms with Gasteiger partial charge >= 0.3 is 195 Å². The van der Waals surface area contributed by atoms with Crippen molar-refractivity contribution in [2.75, 3.05) is 0 Å². The molecule has 0 saturated heterocycles. The van der Waals surface area contributed by atoms with Crippen molar-refractivity contribution in [2.45, 2.75) is 116 Å². The summed E-state index contributed by atoms with van der Waals surface area (Å²) in [5.41, 5.74) is 1.27. The summed E-state index contributed by atoms with van der Waals surface area (Å²) in [6.45, 7) is 17.8. The molecule has 0 saturated carbocycles. The van der Waals surface area contributed by atoms with Gasteiger partial charge in [0.1, 0.15) is 0 Å². The number of hydrogen-bond acceptors (Lipinski definition) is 1. The molecule has 1 aromatic rings. The minimum absolute atomic E-state index is 0.208. The van der Waals surface area contributed by atoms with E-state index >= 15 is 0 Å². The molecule has 0 spiro atoms. The van der Waals surface area contributed by atoms with E-state index in [9.17, 15) is 0 Å². The summed E-state index contributed by atoms with van der Waals surface area (Å²) in [7, 11) is -1.35. The SMILES string of the molecule is CCC[CH2][Sn]([CH2]CCC)([CH2]CCC)[CH2]/C(=C/C(C)OCc1ccccc1)[Si](C)(C)C. The van der Waals surface area contributed by atoms with Crippen molar-refractivity contribution in [3.8, 4) is 0 Å². The summed E-state index contributed by atoms with van der Waals surface area (Å²) in [6.07, 6.45) is 11.2. The van der Waals surface area contributed by atoms with E-state index in [1.54, 1.807) is 13.3 Å². The van der Waals surface area contributed by atoms with Gasteiger partial charge in [-0.3, -0.25) is 0 Å². The summed E-state index contributed by atoms with van der Waals surface area (Å²) in [5.74, 6) is 0. The zero-order valence-corrected chi connectivity index (χ0v) is 25.1. The van der Waals surface area contributed by atoms with Gasteiger partial charge in [0.15, 0.2) is 0 Å². The van der Waals surface area contributed by atoms with Crippen LogP contribution in [0.4, 0.5) is 0 Å². The van der Waals surface area contributed by atoms with Gasteiger partial charge in [0.05, 0.1) is 0 Å². The molecule has 1 rings (SSSR count). The molecule has 0 N–H and O–H groups in total. The second-order valence-electron chi connectivity index (χ2n) is 10.4. The fourth-order valence-electron chi connectivity index (χ4n) is 4.41. The quantitative estimate of drug-likeness (QED) is 0.191. The summed E-state index contributed by atoms with van der Waals surface area (Å²) < 4.78 is 12.6. The van der Waals surface area contributed by atoms with Crippen LogP contribution >= 0.6 is 0 Å². The van der Waals surface area contributed by atoms with Crippen molar-refractivity contribution in [1.82, 2.24) is 0 Å². The average molecular weight is 537 g/mol. The molecule has 0 aliphatic heterocycles. The summed E-state index contributed by atoms with van der Waals surface area (Å²) in [5, 5.41) is 1.82. The predicted molar refractivity (Wildman–Crippen MR) is 142 cm³/mol. The van der Waals surface area contributed by atoms with Crippen molar-refractivity contribution in [1.29, 1.82) is 0 Å². The zero-order valence-electron chi connectivity index (χ0n) is 21.2. The molecular weight excluding hydrogens is 487 g/mol. The molecule has 3 heteroatoms. The van der Waals surface area contributed by atoms with Crippen LogP contribution < -0.4 is 0 Å². The van der Waals surface area contributed by atoms with E-state index in [0.29, 0.717) is 6.61 Å². The van der Waals surface area contributed by atoms with Gasteiger partial charge in [-0.05, 0) is 0 Å². The number of allylic oxidation sites excluding steroid dienone is 1. The third kappa shape index (κ3) is 11.0. The Kier molecular flexibility index (Phi) is 13.9. The number of benzene rings is 1. The Morgan fingerprint density at radius 2 is 1.40 bits per heavy atom. The molecule has 0 amide bonds. The average Bonchev–Trinajstić information content (AvgIpc) is 2.72. The fourth-order valence-corrected chi connectivity index (χ4v) is 28.5. The normalized spacial score (nSPS) is 14.2.